The number of fused-ring (bicyclic) bond motifs is 1. The zero-order valence-electron chi connectivity index (χ0n) is 18.5. The summed E-state index contributed by atoms with van der Waals surface area (Å²) in [5.74, 6) is -0.0190. The Morgan fingerprint density at radius 2 is 1.47 bits per heavy atom. The first-order valence-corrected chi connectivity index (χ1v) is 12.6. The lowest BCUT2D eigenvalue weighted by Crippen LogP contribution is -2.34. The highest BCUT2D eigenvalue weighted by atomic mass is 79.9. The molecule has 5 heteroatoms. The van der Waals surface area contributed by atoms with Crippen molar-refractivity contribution in [2.45, 2.75) is 13.1 Å². The molecule has 0 saturated carbocycles. The first kappa shape index (κ1) is 22.6. The van der Waals surface area contributed by atoms with E-state index >= 15 is 0 Å². The fraction of sp³-hybridized carbons (Fsp3) is 0.0690. The molecule has 4 aromatic carbocycles. The van der Waals surface area contributed by atoms with E-state index in [0.29, 0.717) is 11.1 Å². The molecule has 34 heavy (non-hydrogen) atoms. The van der Waals surface area contributed by atoms with Crippen molar-refractivity contribution in [2.24, 2.45) is 0 Å². The normalized spacial score (nSPS) is 14.9. The van der Waals surface area contributed by atoms with Gasteiger partial charge in [0.25, 0.3) is 0 Å². The lowest BCUT2D eigenvalue weighted by Gasteiger charge is -2.33. The second-order valence-corrected chi connectivity index (χ2v) is 10.1. The van der Waals surface area contributed by atoms with E-state index in [9.17, 15) is 4.79 Å². The van der Waals surface area contributed by atoms with E-state index in [0.717, 1.165) is 37.0 Å². The van der Waals surface area contributed by atoms with Gasteiger partial charge in [0, 0.05) is 37.0 Å². The van der Waals surface area contributed by atoms with Crippen LogP contribution in [-0.2, 0) is 0 Å². The molecule has 0 saturated heterocycles. The molecule has 0 spiro atoms. The van der Waals surface area contributed by atoms with Crippen molar-refractivity contribution >= 4 is 54.6 Å². The van der Waals surface area contributed by atoms with Crippen molar-refractivity contribution in [3.05, 3.63) is 134 Å². The summed E-state index contributed by atoms with van der Waals surface area (Å²) >= 11 is 7.16. The van der Waals surface area contributed by atoms with Crippen molar-refractivity contribution in [2.75, 3.05) is 10.6 Å². The van der Waals surface area contributed by atoms with Crippen LogP contribution in [0, 0.1) is 0 Å². The standard InChI is InChI=1S/C29H22Br2N2O/c1-18-27(19-8-4-2-5-9-19)23-16-21(30)12-14-25(23)32-29(18)33-26-15-13-22(31)17-24(26)28(34)20-10-6-3-7-11-20/h2-17,29,32-33H,1H3. The van der Waals surface area contributed by atoms with Crippen LogP contribution in [0.15, 0.2) is 112 Å². The monoisotopic (exact) mass is 572 g/mol. The van der Waals surface area contributed by atoms with Crippen LogP contribution in [-0.4, -0.2) is 11.9 Å². The molecule has 1 heterocycles. The van der Waals surface area contributed by atoms with Crippen molar-refractivity contribution in [3.63, 3.8) is 0 Å². The van der Waals surface area contributed by atoms with Crippen LogP contribution in [0.5, 0.6) is 0 Å². The minimum Gasteiger partial charge on any atom is -0.361 e. The minimum absolute atomic E-state index is 0.0190. The Hall–Kier alpha value is -3.15. The first-order chi connectivity index (χ1) is 16.5. The zero-order chi connectivity index (χ0) is 23.7. The van der Waals surface area contributed by atoms with Gasteiger partial charge in [-0.15, -0.1) is 0 Å². The average molecular weight is 574 g/mol. The van der Waals surface area contributed by atoms with Crippen molar-refractivity contribution < 1.29 is 4.79 Å². The van der Waals surface area contributed by atoms with Crippen molar-refractivity contribution in [1.82, 2.24) is 0 Å². The number of halogens is 2. The summed E-state index contributed by atoms with van der Waals surface area (Å²) in [5, 5.41) is 7.24. The third kappa shape index (κ3) is 4.46. The fourth-order valence-electron chi connectivity index (χ4n) is 4.33. The molecule has 0 radical (unpaired) electrons. The number of anilines is 2. The molecule has 0 aliphatic carbocycles. The minimum atomic E-state index is -0.188. The van der Waals surface area contributed by atoms with Gasteiger partial charge in [-0.3, -0.25) is 4.79 Å². The van der Waals surface area contributed by atoms with Crippen molar-refractivity contribution in [3.8, 4) is 0 Å². The van der Waals surface area contributed by atoms with Gasteiger partial charge in [-0.1, -0.05) is 92.5 Å². The maximum atomic E-state index is 13.4. The van der Waals surface area contributed by atoms with Crippen LogP contribution < -0.4 is 10.6 Å². The van der Waals surface area contributed by atoms with Crippen LogP contribution in [0.1, 0.15) is 34.0 Å². The summed E-state index contributed by atoms with van der Waals surface area (Å²) in [5.41, 5.74) is 7.74. The third-order valence-electron chi connectivity index (χ3n) is 6.00. The Morgan fingerprint density at radius 3 is 2.21 bits per heavy atom. The van der Waals surface area contributed by atoms with Gasteiger partial charge in [-0.05, 0) is 60.0 Å². The summed E-state index contributed by atoms with van der Waals surface area (Å²) in [6.07, 6.45) is -0.188. The van der Waals surface area contributed by atoms with E-state index in [4.69, 9.17) is 0 Å². The number of nitrogens with one attached hydrogen (secondary N) is 2. The Bertz CT molecular complexity index is 1400. The molecule has 1 unspecified atom stereocenters. The molecular weight excluding hydrogens is 552 g/mol. The lowest BCUT2D eigenvalue weighted by molar-refractivity contribution is 0.103. The molecule has 2 N–H and O–H groups in total. The van der Waals surface area contributed by atoms with Crippen LogP contribution in [0.2, 0.25) is 0 Å². The number of hydrogen-bond acceptors (Lipinski definition) is 3. The number of ketones is 1. The van der Waals surface area contributed by atoms with Crippen LogP contribution >= 0.6 is 31.9 Å². The highest BCUT2D eigenvalue weighted by Gasteiger charge is 2.26. The van der Waals surface area contributed by atoms with E-state index in [-0.39, 0.29) is 11.9 Å². The zero-order valence-corrected chi connectivity index (χ0v) is 21.7. The topological polar surface area (TPSA) is 41.1 Å². The third-order valence-corrected chi connectivity index (χ3v) is 6.99. The Kier molecular flexibility index (Phi) is 6.40. The van der Waals surface area contributed by atoms with E-state index in [1.54, 1.807) is 0 Å². The molecule has 0 bridgehead atoms. The summed E-state index contributed by atoms with van der Waals surface area (Å²) in [6, 6.07) is 31.8. The van der Waals surface area contributed by atoms with Gasteiger partial charge in [0.2, 0.25) is 0 Å². The van der Waals surface area contributed by atoms with Gasteiger partial charge < -0.3 is 10.6 Å². The van der Waals surface area contributed by atoms with Crippen LogP contribution in [0.4, 0.5) is 11.4 Å². The second kappa shape index (κ2) is 9.61. The van der Waals surface area contributed by atoms with Gasteiger partial charge in [-0.25, -0.2) is 0 Å². The van der Waals surface area contributed by atoms with Gasteiger partial charge in [-0.2, -0.15) is 0 Å². The average Bonchev–Trinajstić information content (AvgIpc) is 2.86. The largest absolute Gasteiger partial charge is 0.361 e. The predicted molar refractivity (Wildman–Crippen MR) is 147 cm³/mol. The molecule has 1 atom stereocenters. The van der Waals surface area contributed by atoms with Gasteiger partial charge in [0.05, 0.1) is 0 Å². The number of carbonyl (C=O) groups is 1. The van der Waals surface area contributed by atoms with Gasteiger partial charge in [0.15, 0.2) is 5.78 Å². The molecule has 0 aromatic heterocycles. The molecule has 0 amide bonds. The summed E-state index contributed by atoms with van der Waals surface area (Å²) in [4.78, 5) is 13.4. The summed E-state index contributed by atoms with van der Waals surface area (Å²) in [6.45, 7) is 2.13. The maximum absolute atomic E-state index is 13.4. The van der Waals surface area contributed by atoms with Crippen molar-refractivity contribution in [1.29, 1.82) is 0 Å². The summed E-state index contributed by atoms with van der Waals surface area (Å²) in [7, 11) is 0. The Labute approximate surface area is 216 Å². The SMILES string of the molecule is CC1=C(c2ccccc2)c2cc(Br)ccc2NC1Nc1ccc(Br)cc1C(=O)c1ccccc1. The van der Waals surface area contributed by atoms with Crippen LogP contribution in [0.25, 0.3) is 5.57 Å². The lowest BCUT2D eigenvalue weighted by atomic mass is 9.88. The van der Waals surface area contributed by atoms with E-state index in [1.165, 1.54) is 5.57 Å². The Balaban J connectivity index is 1.58. The smallest absolute Gasteiger partial charge is 0.195 e. The number of carbonyl (C=O) groups excluding carboxylic acids is 1. The Morgan fingerprint density at radius 1 is 0.824 bits per heavy atom. The van der Waals surface area contributed by atoms with E-state index in [2.05, 4.69) is 85.8 Å². The molecule has 3 nitrogen and oxygen atoms in total. The predicted octanol–water partition coefficient (Wildman–Crippen LogP) is 8.13. The molecule has 168 valence electrons. The maximum Gasteiger partial charge on any atom is 0.195 e. The molecule has 1 aliphatic heterocycles. The number of rotatable bonds is 5. The molecule has 5 rings (SSSR count). The number of benzene rings is 4. The first-order valence-electron chi connectivity index (χ1n) is 11.0. The quantitative estimate of drug-likeness (QED) is 0.237. The summed E-state index contributed by atoms with van der Waals surface area (Å²) < 4.78 is 1.89. The van der Waals surface area contributed by atoms with E-state index in [1.807, 2.05) is 60.7 Å². The molecule has 1 aliphatic rings. The van der Waals surface area contributed by atoms with Gasteiger partial charge in [0.1, 0.15) is 6.17 Å². The van der Waals surface area contributed by atoms with E-state index < -0.39 is 0 Å². The second-order valence-electron chi connectivity index (χ2n) is 8.22. The highest BCUT2D eigenvalue weighted by molar-refractivity contribution is 9.10. The number of hydrogen-bond donors (Lipinski definition) is 2. The van der Waals surface area contributed by atoms with Gasteiger partial charge >= 0.3 is 0 Å². The molecular formula is C29H22Br2N2O. The van der Waals surface area contributed by atoms with Crippen LogP contribution in [0.3, 0.4) is 0 Å². The fourth-order valence-corrected chi connectivity index (χ4v) is 5.05. The highest BCUT2D eigenvalue weighted by Crippen LogP contribution is 2.40. The molecule has 0 fully saturated rings. The molecule has 4 aromatic rings.